The molecule has 2 aromatic rings. The minimum absolute atomic E-state index is 0.0251. The Labute approximate surface area is 162 Å². The van der Waals surface area contributed by atoms with Crippen molar-refractivity contribution in [3.63, 3.8) is 0 Å². The van der Waals surface area contributed by atoms with Gasteiger partial charge in [-0.15, -0.1) is 10.2 Å². The third-order valence-electron chi connectivity index (χ3n) is 3.99. The van der Waals surface area contributed by atoms with Crippen LogP contribution in [0.25, 0.3) is 0 Å². The Morgan fingerprint density at radius 3 is 2.63 bits per heavy atom. The number of anilines is 2. The molecule has 0 fully saturated rings. The molecular weight excluding hydrogens is 388 g/mol. The first kappa shape index (κ1) is 19.6. The summed E-state index contributed by atoms with van der Waals surface area (Å²) in [7, 11) is -3.87. The Kier molecular flexibility index (Phi) is 4.89. The number of rotatable bonds is 4. The van der Waals surface area contributed by atoms with Gasteiger partial charge < -0.3 is 9.64 Å². The van der Waals surface area contributed by atoms with Crippen LogP contribution in [0.1, 0.15) is 45.5 Å². The molecule has 1 aromatic carbocycles. The van der Waals surface area contributed by atoms with Crippen molar-refractivity contribution in [2.45, 2.75) is 51.0 Å². The van der Waals surface area contributed by atoms with Crippen LogP contribution in [0.2, 0.25) is 0 Å². The average molecular weight is 411 g/mol. The summed E-state index contributed by atoms with van der Waals surface area (Å²) in [5, 5.41) is 8.82. The summed E-state index contributed by atoms with van der Waals surface area (Å²) < 4.78 is 33.8. The van der Waals surface area contributed by atoms with Gasteiger partial charge in [0.2, 0.25) is 11.0 Å². The van der Waals surface area contributed by atoms with Crippen molar-refractivity contribution in [2.75, 3.05) is 16.2 Å². The van der Waals surface area contributed by atoms with E-state index in [0.29, 0.717) is 18.0 Å². The van der Waals surface area contributed by atoms with Gasteiger partial charge in [-0.05, 0) is 32.0 Å². The Morgan fingerprint density at radius 2 is 2.04 bits per heavy atom. The first-order chi connectivity index (χ1) is 12.5. The lowest BCUT2D eigenvalue weighted by Crippen LogP contribution is -2.48. The van der Waals surface area contributed by atoms with Crippen molar-refractivity contribution in [2.24, 2.45) is 0 Å². The molecule has 8 nitrogen and oxygen atoms in total. The number of benzene rings is 1. The van der Waals surface area contributed by atoms with E-state index in [1.165, 1.54) is 35.3 Å². The van der Waals surface area contributed by atoms with Crippen LogP contribution in [0.15, 0.2) is 23.1 Å². The van der Waals surface area contributed by atoms with Crippen LogP contribution >= 0.6 is 11.3 Å². The Balaban J connectivity index is 1.95. The summed E-state index contributed by atoms with van der Waals surface area (Å²) in [5.41, 5.74) is -0.123. The van der Waals surface area contributed by atoms with E-state index in [4.69, 9.17) is 4.74 Å². The molecule has 1 aliphatic heterocycles. The molecule has 0 atom stereocenters. The number of fused-ring (bicyclic) bond motifs is 1. The maximum absolute atomic E-state index is 12.8. The molecular formula is C17H22N4O4S2. The van der Waals surface area contributed by atoms with Crippen LogP contribution in [0.4, 0.5) is 10.8 Å². The van der Waals surface area contributed by atoms with E-state index < -0.39 is 15.6 Å². The number of amides is 1. The van der Waals surface area contributed by atoms with Crippen LogP contribution < -0.4 is 14.4 Å². The maximum Gasteiger partial charge on any atom is 0.263 e. The number of carbonyl (C=O) groups excluding carboxylic acids is 1. The van der Waals surface area contributed by atoms with Gasteiger partial charge in [0.25, 0.3) is 10.0 Å². The molecule has 0 saturated carbocycles. The molecule has 10 heteroatoms. The topological polar surface area (TPSA) is 101 Å². The van der Waals surface area contributed by atoms with Gasteiger partial charge in [-0.2, -0.15) is 0 Å². The van der Waals surface area contributed by atoms with Gasteiger partial charge >= 0.3 is 0 Å². The molecule has 1 N–H and O–H groups in total. The molecule has 0 aliphatic carbocycles. The largest absolute Gasteiger partial charge is 0.484 e. The lowest BCUT2D eigenvalue weighted by atomic mass is 10.1. The lowest BCUT2D eigenvalue weighted by molar-refractivity contribution is -0.117. The lowest BCUT2D eigenvalue weighted by Gasteiger charge is -2.39. The summed E-state index contributed by atoms with van der Waals surface area (Å²) in [6.45, 7) is 9.44. The standard InChI is InChI=1S/C17H22N4O4S2/c1-10(2)15-18-19-16(26-15)20-27(23,24)12-6-7-14-13(8-12)21(11(3)22)9-17(4,5)25-14/h6-8,10H,9H2,1-5H3,(H,19,20). The number of nitrogens with one attached hydrogen (secondary N) is 1. The van der Waals surface area contributed by atoms with Gasteiger partial charge in [0.15, 0.2) is 0 Å². The van der Waals surface area contributed by atoms with Crippen molar-refractivity contribution in [1.29, 1.82) is 0 Å². The molecule has 0 saturated heterocycles. The quantitative estimate of drug-likeness (QED) is 0.831. The zero-order valence-electron chi connectivity index (χ0n) is 15.8. The second-order valence-corrected chi connectivity index (χ2v) is 9.99. The average Bonchev–Trinajstić information content (AvgIpc) is 3.00. The van der Waals surface area contributed by atoms with Crippen molar-refractivity contribution in [3.05, 3.63) is 23.2 Å². The number of carbonyl (C=O) groups is 1. The zero-order chi connectivity index (χ0) is 20.0. The highest BCUT2D eigenvalue weighted by atomic mass is 32.2. The van der Waals surface area contributed by atoms with E-state index in [1.54, 1.807) is 6.07 Å². The Hall–Kier alpha value is -2.20. The molecule has 1 aromatic heterocycles. The van der Waals surface area contributed by atoms with E-state index in [-0.39, 0.29) is 21.9 Å². The molecule has 146 valence electrons. The first-order valence-electron chi connectivity index (χ1n) is 8.46. The molecule has 27 heavy (non-hydrogen) atoms. The fourth-order valence-electron chi connectivity index (χ4n) is 2.72. The van der Waals surface area contributed by atoms with Crippen molar-refractivity contribution < 1.29 is 17.9 Å². The van der Waals surface area contributed by atoms with Gasteiger partial charge in [0, 0.05) is 12.8 Å². The summed E-state index contributed by atoms with van der Waals surface area (Å²) in [4.78, 5) is 13.6. The van der Waals surface area contributed by atoms with Crippen LogP contribution in [0, 0.1) is 0 Å². The second kappa shape index (κ2) is 6.75. The van der Waals surface area contributed by atoms with E-state index in [0.717, 1.165) is 5.01 Å². The highest BCUT2D eigenvalue weighted by Gasteiger charge is 2.34. The summed E-state index contributed by atoms with van der Waals surface area (Å²) in [5.74, 6) is 0.452. The predicted molar refractivity (Wildman–Crippen MR) is 104 cm³/mol. The summed E-state index contributed by atoms with van der Waals surface area (Å²) >= 11 is 1.19. The molecule has 1 amide bonds. The van der Waals surface area contributed by atoms with Gasteiger partial charge in [-0.3, -0.25) is 9.52 Å². The summed E-state index contributed by atoms with van der Waals surface area (Å²) in [6, 6.07) is 4.46. The second-order valence-electron chi connectivity index (χ2n) is 7.30. The van der Waals surface area contributed by atoms with Crippen molar-refractivity contribution in [3.8, 4) is 5.75 Å². The molecule has 3 rings (SSSR count). The fourth-order valence-corrected chi connectivity index (χ4v) is 4.72. The van der Waals surface area contributed by atoms with Crippen LogP contribution in [0.5, 0.6) is 5.75 Å². The number of hydrogen-bond donors (Lipinski definition) is 1. The molecule has 0 unspecified atom stereocenters. The van der Waals surface area contributed by atoms with E-state index in [2.05, 4.69) is 14.9 Å². The Morgan fingerprint density at radius 1 is 1.33 bits per heavy atom. The number of aromatic nitrogens is 2. The minimum Gasteiger partial charge on any atom is -0.484 e. The molecule has 0 radical (unpaired) electrons. The number of ether oxygens (including phenoxy) is 1. The van der Waals surface area contributed by atoms with Crippen LogP contribution in [0.3, 0.4) is 0 Å². The number of hydrogen-bond acceptors (Lipinski definition) is 7. The van der Waals surface area contributed by atoms with Gasteiger partial charge in [-0.25, -0.2) is 8.42 Å². The van der Waals surface area contributed by atoms with Crippen LogP contribution in [-0.2, 0) is 14.8 Å². The minimum atomic E-state index is -3.87. The third-order valence-corrected chi connectivity index (χ3v) is 6.60. The summed E-state index contributed by atoms with van der Waals surface area (Å²) in [6.07, 6.45) is 0. The van der Waals surface area contributed by atoms with Crippen molar-refractivity contribution >= 4 is 38.1 Å². The third kappa shape index (κ3) is 4.06. The number of sulfonamides is 1. The zero-order valence-corrected chi connectivity index (χ0v) is 17.4. The predicted octanol–water partition coefficient (Wildman–Crippen LogP) is 2.99. The Bertz CT molecular complexity index is 983. The monoisotopic (exact) mass is 410 g/mol. The van der Waals surface area contributed by atoms with Gasteiger partial charge in [0.1, 0.15) is 16.4 Å². The fraction of sp³-hybridized carbons (Fsp3) is 0.471. The highest BCUT2D eigenvalue weighted by molar-refractivity contribution is 7.93. The SMILES string of the molecule is CC(=O)N1CC(C)(C)Oc2ccc(S(=O)(=O)Nc3nnc(C(C)C)s3)cc21. The maximum atomic E-state index is 12.8. The van der Waals surface area contributed by atoms with Crippen molar-refractivity contribution in [1.82, 2.24) is 10.2 Å². The molecule has 1 aliphatic rings. The molecule has 0 spiro atoms. The van der Waals surface area contributed by atoms with Gasteiger partial charge in [0.05, 0.1) is 17.1 Å². The van der Waals surface area contributed by atoms with E-state index in [9.17, 15) is 13.2 Å². The van der Waals surface area contributed by atoms with Crippen LogP contribution in [-0.4, -0.2) is 36.7 Å². The molecule has 0 bridgehead atoms. The highest BCUT2D eigenvalue weighted by Crippen LogP contribution is 2.39. The smallest absolute Gasteiger partial charge is 0.263 e. The van der Waals surface area contributed by atoms with E-state index in [1.807, 2.05) is 27.7 Å². The normalized spacial score (nSPS) is 16.0. The van der Waals surface area contributed by atoms with Gasteiger partial charge in [-0.1, -0.05) is 25.2 Å². The number of nitrogens with zero attached hydrogens (tertiary/aromatic N) is 3. The van der Waals surface area contributed by atoms with E-state index >= 15 is 0 Å². The molecule has 2 heterocycles. The first-order valence-corrected chi connectivity index (χ1v) is 10.8.